The molecule has 6 heteroatoms. The number of aromatic nitrogens is 2. The van der Waals surface area contributed by atoms with Gasteiger partial charge in [-0.1, -0.05) is 11.2 Å². The van der Waals surface area contributed by atoms with E-state index < -0.39 is 0 Å². The van der Waals surface area contributed by atoms with Crippen molar-refractivity contribution in [3.8, 4) is 0 Å². The summed E-state index contributed by atoms with van der Waals surface area (Å²) in [6.45, 7) is 0. The highest BCUT2D eigenvalue weighted by molar-refractivity contribution is 7.10. The lowest BCUT2D eigenvalue weighted by atomic mass is 10.4. The molecule has 0 amide bonds. The highest BCUT2D eigenvalue weighted by atomic mass is 32.1. The second-order valence-electron chi connectivity index (χ2n) is 2.44. The summed E-state index contributed by atoms with van der Waals surface area (Å²) < 4.78 is 5.09. The van der Waals surface area contributed by atoms with Crippen molar-refractivity contribution in [1.82, 2.24) is 10.2 Å². The van der Waals surface area contributed by atoms with E-state index in [1.807, 2.05) is 23.6 Å². The Labute approximate surface area is 84.2 Å². The minimum absolute atomic E-state index is 0.204. The summed E-state index contributed by atoms with van der Waals surface area (Å²) in [5.41, 5.74) is 2.27. The Balaban J connectivity index is 2.10. The number of nitrogens with two attached hydrogens (primary N) is 1. The largest absolute Gasteiger partial charge is 0.403 e. The quantitative estimate of drug-likeness (QED) is 0.591. The molecule has 0 saturated heterocycles. The number of hydrogen-bond acceptors (Lipinski definition) is 6. The Morgan fingerprint density at radius 1 is 1.43 bits per heavy atom. The molecule has 0 aliphatic carbocycles. The molecule has 0 aliphatic heterocycles. The van der Waals surface area contributed by atoms with Crippen molar-refractivity contribution in [2.24, 2.45) is 5.84 Å². The van der Waals surface area contributed by atoms with E-state index >= 15 is 0 Å². The van der Waals surface area contributed by atoms with Crippen LogP contribution in [0.4, 0.5) is 6.01 Å². The first-order valence-corrected chi connectivity index (χ1v) is 4.78. The third-order valence-electron chi connectivity index (χ3n) is 1.50. The van der Waals surface area contributed by atoms with Crippen molar-refractivity contribution in [3.63, 3.8) is 0 Å². The van der Waals surface area contributed by atoms with Gasteiger partial charge in [-0.25, -0.2) is 5.84 Å². The van der Waals surface area contributed by atoms with Gasteiger partial charge in [0.2, 0.25) is 5.89 Å². The van der Waals surface area contributed by atoms with Crippen molar-refractivity contribution in [2.45, 2.75) is 0 Å². The number of rotatable bonds is 3. The van der Waals surface area contributed by atoms with E-state index in [-0.39, 0.29) is 6.01 Å². The average molecular weight is 208 g/mol. The lowest BCUT2D eigenvalue weighted by Gasteiger charge is -1.85. The molecule has 3 N–H and O–H groups in total. The number of thiophene rings is 1. The number of nitrogen functional groups attached to an aromatic ring is 1. The van der Waals surface area contributed by atoms with E-state index in [2.05, 4.69) is 15.6 Å². The van der Waals surface area contributed by atoms with Crippen LogP contribution in [-0.4, -0.2) is 10.2 Å². The number of hydrogen-bond donors (Lipinski definition) is 2. The first kappa shape index (κ1) is 8.92. The Morgan fingerprint density at radius 2 is 2.36 bits per heavy atom. The van der Waals surface area contributed by atoms with Gasteiger partial charge < -0.3 is 4.42 Å². The fourth-order valence-corrected chi connectivity index (χ4v) is 1.52. The normalized spacial score (nSPS) is 10.9. The molecule has 0 saturated carbocycles. The Hall–Kier alpha value is -1.66. The van der Waals surface area contributed by atoms with Gasteiger partial charge in [0, 0.05) is 11.0 Å². The number of hydrazine groups is 1. The van der Waals surface area contributed by atoms with E-state index in [1.54, 1.807) is 17.4 Å². The van der Waals surface area contributed by atoms with E-state index in [1.165, 1.54) is 0 Å². The van der Waals surface area contributed by atoms with E-state index in [0.29, 0.717) is 5.89 Å². The molecule has 2 rings (SSSR count). The molecular weight excluding hydrogens is 200 g/mol. The molecule has 0 bridgehead atoms. The second kappa shape index (κ2) is 4.03. The minimum Gasteiger partial charge on any atom is -0.403 e. The Morgan fingerprint density at radius 3 is 3.00 bits per heavy atom. The predicted octanol–water partition coefficient (Wildman–Crippen LogP) is 1.59. The van der Waals surface area contributed by atoms with Gasteiger partial charge in [-0.15, -0.1) is 16.4 Å². The average Bonchev–Trinajstić information content (AvgIpc) is 2.86. The van der Waals surface area contributed by atoms with Gasteiger partial charge in [0.15, 0.2) is 0 Å². The molecule has 0 unspecified atom stereocenters. The van der Waals surface area contributed by atoms with E-state index in [9.17, 15) is 0 Å². The van der Waals surface area contributed by atoms with Crippen LogP contribution in [0, 0.1) is 0 Å². The fraction of sp³-hybridized carbons (Fsp3) is 0. The molecule has 0 radical (unpaired) electrons. The lowest BCUT2D eigenvalue weighted by Crippen LogP contribution is -2.06. The van der Waals surface area contributed by atoms with Crippen LogP contribution >= 0.6 is 11.3 Å². The third kappa shape index (κ3) is 1.98. The van der Waals surface area contributed by atoms with Gasteiger partial charge in [0.25, 0.3) is 0 Å². The Kier molecular flexibility index (Phi) is 2.57. The van der Waals surface area contributed by atoms with Crippen LogP contribution in [0.1, 0.15) is 10.8 Å². The first-order valence-electron chi connectivity index (χ1n) is 3.90. The summed E-state index contributed by atoms with van der Waals surface area (Å²) in [5.74, 6) is 5.51. The maximum absolute atomic E-state index is 5.09. The molecule has 72 valence electrons. The monoisotopic (exact) mass is 208 g/mol. The smallest absolute Gasteiger partial charge is 0.330 e. The molecule has 5 nitrogen and oxygen atoms in total. The van der Waals surface area contributed by atoms with Crippen LogP contribution in [0.5, 0.6) is 0 Å². The standard InChI is InChI=1S/C8H8N4OS/c9-10-8-12-11-7(13-8)4-3-6-2-1-5-14-6/h1-5H,9H2,(H,10,12)/b4-3+. The number of anilines is 1. The van der Waals surface area contributed by atoms with Crippen LogP contribution in [0.15, 0.2) is 21.9 Å². The van der Waals surface area contributed by atoms with Gasteiger partial charge in [-0.3, -0.25) is 5.43 Å². The second-order valence-corrected chi connectivity index (χ2v) is 3.42. The summed E-state index contributed by atoms with van der Waals surface area (Å²) >= 11 is 1.64. The molecule has 2 aromatic heterocycles. The fourth-order valence-electron chi connectivity index (χ4n) is 0.900. The summed E-state index contributed by atoms with van der Waals surface area (Å²) in [4.78, 5) is 1.13. The predicted molar refractivity (Wildman–Crippen MR) is 55.4 cm³/mol. The SMILES string of the molecule is NNc1nnc(/C=C/c2cccs2)o1. The molecule has 0 aromatic carbocycles. The highest BCUT2D eigenvalue weighted by Gasteiger charge is 1.99. The highest BCUT2D eigenvalue weighted by Crippen LogP contribution is 2.13. The van der Waals surface area contributed by atoms with Gasteiger partial charge >= 0.3 is 6.01 Å². The topological polar surface area (TPSA) is 77.0 Å². The van der Waals surface area contributed by atoms with Crippen LogP contribution in [0.25, 0.3) is 12.2 Å². The molecule has 0 atom stereocenters. The van der Waals surface area contributed by atoms with Crippen LogP contribution in [0.2, 0.25) is 0 Å². The first-order chi connectivity index (χ1) is 6.88. The van der Waals surface area contributed by atoms with Gasteiger partial charge in [-0.05, 0) is 17.5 Å². The van der Waals surface area contributed by atoms with Gasteiger partial charge in [-0.2, -0.15) is 0 Å². The van der Waals surface area contributed by atoms with Crippen LogP contribution in [-0.2, 0) is 0 Å². The molecule has 2 heterocycles. The maximum Gasteiger partial charge on any atom is 0.330 e. The summed E-state index contributed by atoms with van der Waals surface area (Å²) in [7, 11) is 0. The van der Waals surface area contributed by atoms with Crippen molar-refractivity contribution >= 4 is 29.5 Å². The molecule has 0 aliphatic rings. The zero-order valence-electron chi connectivity index (χ0n) is 7.18. The van der Waals surface area contributed by atoms with Crippen molar-refractivity contribution in [2.75, 3.05) is 5.43 Å². The van der Waals surface area contributed by atoms with Crippen molar-refractivity contribution in [1.29, 1.82) is 0 Å². The number of nitrogens with zero attached hydrogens (tertiary/aromatic N) is 2. The van der Waals surface area contributed by atoms with E-state index in [4.69, 9.17) is 10.3 Å². The maximum atomic E-state index is 5.09. The molecule has 14 heavy (non-hydrogen) atoms. The minimum atomic E-state index is 0.204. The lowest BCUT2D eigenvalue weighted by molar-refractivity contribution is 0.556. The zero-order valence-corrected chi connectivity index (χ0v) is 7.99. The van der Waals surface area contributed by atoms with Crippen LogP contribution in [0.3, 0.4) is 0 Å². The summed E-state index contributed by atoms with van der Waals surface area (Å²) in [6, 6.07) is 4.18. The molecule has 2 aromatic rings. The van der Waals surface area contributed by atoms with Crippen molar-refractivity contribution in [3.05, 3.63) is 28.3 Å². The summed E-state index contributed by atoms with van der Waals surface area (Å²) in [6.07, 6.45) is 3.64. The van der Waals surface area contributed by atoms with E-state index in [0.717, 1.165) is 4.88 Å². The Bertz CT molecular complexity index is 420. The van der Waals surface area contributed by atoms with Gasteiger partial charge in [0.05, 0.1) is 0 Å². The summed E-state index contributed by atoms with van der Waals surface area (Å²) in [5, 5.41) is 9.38. The zero-order chi connectivity index (χ0) is 9.80. The molecular formula is C8H8N4OS. The number of nitrogens with one attached hydrogen (secondary N) is 1. The van der Waals surface area contributed by atoms with Crippen molar-refractivity contribution < 1.29 is 4.42 Å². The third-order valence-corrected chi connectivity index (χ3v) is 2.34. The molecule has 0 fully saturated rings. The van der Waals surface area contributed by atoms with Gasteiger partial charge in [0.1, 0.15) is 0 Å². The molecule has 0 spiro atoms. The van der Waals surface area contributed by atoms with Crippen LogP contribution < -0.4 is 11.3 Å².